The van der Waals surface area contributed by atoms with Crippen molar-refractivity contribution in [1.29, 1.82) is 0 Å². The maximum absolute atomic E-state index is 14.9. The van der Waals surface area contributed by atoms with E-state index in [9.17, 15) is 28.8 Å². The number of carbonyl (C=O) groups excluding carboxylic acids is 4. The fraction of sp³-hybridized carbons (Fsp3) is 0.350. The van der Waals surface area contributed by atoms with E-state index >= 15 is 0 Å². The van der Waals surface area contributed by atoms with Crippen molar-refractivity contribution in [2.24, 2.45) is 5.41 Å². The van der Waals surface area contributed by atoms with Crippen molar-refractivity contribution in [3.63, 3.8) is 0 Å². The Bertz CT molecular complexity index is 2470. The van der Waals surface area contributed by atoms with Crippen LogP contribution in [0.3, 0.4) is 0 Å². The highest BCUT2D eigenvalue weighted by molar-refractivity contribution is 6.18. The molecule has 3 aromatic carbocycles. The van der Waals surface area contributed by atoms with Gasteiger partial charge >= 0.3 is 11.9 Å². The highest BCUT2D eigenvalue weighted by Gasteiger charge is 2.35. The summed E-state index contributed by atoms with van der Waals surface area (Å²) >= 11 is 0. The number of ether oxygens (including phenoxy) is 6. The topological polar surface area (TPSA) is 184 Å². The van der Waals surface area contributed by atoms with Gasteiger partial charge in [0.25, 0.3) is 0 Å². The Balaban J connectivity index is 1.95. The minimum atomic E-state index is -1.09. The first-order valence-electron chi connectivity index (χ1n) is 16.7. The molecular weight excluding hydrogens is 704 g/mol. The van der Waals surface area contributed by atoms with Crippen LogP contribution in [0.4, 0.5) is 0 Å². The Hall–Kier alpha value is -5.86. The second-order valence-corrected chi connectivity index (χ2v) is 14.4. The second-order valence-electron chi connectivity index (χ2n) is 14.4. The van der Waals surface area contributed by atoms with Gasteiger partial charge in [-0.1, -0.05) is 0 Å². The molecule has 54 heavy (non-hydrogen) atoms. The molecule has 0 atom stereocenters. The van der Waals surface area contributed by atoms with Gasteiger partial charge in [0.2, 0.25) is 10.9 Å². The Morgan fingerprint density at radius 1 is 0.759 bits per heavy atom. The predicted octanol–water partition coefficient (Wildman–Crippen LogP) is 7.00. The van der Waals surface area contributed by atoms with E-state index in [0.717, 1.165) is 6.26 Å². The van der Waals surface area contributed by atoms with E-state index in [2.05, 4.69) is 0 Å². The molecular formula is C40H40O14. The van der Waals surface area contributed by atoms with Crippen LogP contribution in [-0.2, 0) is 19.0 Å². The zero-order valence-corrected chi connectivity index (χ0v) is 31.6. The molecule has 2 aromatic heterocycles. The van der Waals surface area contributed by atoms with Gasteiger partial charge in [-0.25, -0.2) is 4.79 Å². The number of hydrogen-bond acceptors (Lipinski definition) is 14. The van der Waals surface area contributed by atoms with Crippen molar-refractivity contribution in [1.82, 2.24) is 0 Å². The molecule has 0 bridgehead atoms. The molecule has 0 saturated heterocycles. The summed E-state index contributed by atoms with van der Waals surface area (Å²) in [6.45, 7) is 11.5. The summed E-state index contributed by atoms with van der Waals surface area (Å²) in [7, 11) is 2.79. The van der Waals surface area contributed by atoms with E-state index < -0.39 is 62.1 Å². The summed E-state index contributed by atoms with van der Waals surface area (Å²) in [6, 6.07) is 6.95. The summed E-state index contributed by atoms with van der Waals surface area (Å²) in [6.07, 6.45) is 1.01. The molecule has 284 valence electrons. The zero-order valence-electron chi connectivity index (χ0n) is 31.6. The molecule has 5 aromatic rings. The Kier molecular flexibility index (Phi) is 10.8. The molecule has 0 unspecified atom stereocenters. The van der Waals surface area contributed by atoms with Crippen molar-refractivity contribution >= 4 is 56.4 Å². The maximum atomic E-state index is 14.9. The fourth-order valence-electron chi connectivity index (χ4n) is 5.60. The van der Waals surface area contributed by atoms with Crippen LogP contribution in [0.15, 0.2) is 55.0 Å². The highest BCUT2D eigenvalue weighted by Crippen LogP contribution is 2.41. The summed E-state index contributed by atoms with van der Waals surface area (Å²) in [4.78, 5) is 83.0. The molecule has 0 aliphatic rings. The predicted molar refractivity (Wildman–Crippen MR) is 197 cm³/mol. The van der Waals surface area contributed by atoms with E-state index in [0.29, 0.717) is 5.75 Å². The van der Waals surface area contributed by atoms with Crippen molar-refractivity contribution in [2.45, 2.75) is 61.0 Å². The van der Waals surface area contributed by atoms with Gasteiger partial charge in [0.15, 0.2) is 36.7 Å². The Morgan fingerprint density at radius 2 is 1.43 bits per heavy atom. The lowest BCUT2D eigenvalue weighted by atomic mass is 9.88. The minimum Gasteiger partial charge on any atom is -0.467 e. The number of ketones is 2. The van der Waals surface area contributed by atoms with Crippen molar-refractivity contribution < 1.29 is 56.4 Å². The number of fused-ring (bicyclic) bond motifs is 3. The normalized spacial score (nSPS) is 11.9. The molecule has 2 heterocycles. The number of hydrogen-bond donors (Lipinski definition) is 0. The zero-order chi connectivity index (χ0) is 39.9. The molecule has 5 rings (SSSR count). The number of methoxy groups -OCH3 is 2. The van der Waals surface area contributed by atoms with Gasteiger partial charge in [-0.3, -0.25) is 24.0 Å². The van der Waals surface area contributed by atoms with Crippen LogP contribution in [0.25, 0.3) is 44.0 Å². The van der Waals surface area contributed by atoms with Crippen LogP contribution < -0.4 is 25.1 Å². The molecule has 0 aliphatic heterocycles. The van der Waals surface area contributed by atoms with Crippen LogP contribution in [0.5, 0.6) is 17.2 Å². The lowest BCUT2D eigenvalue weighted by Gasteiger charge is -2.23. The van der Waals surface area contributed by atoms with Gasteiger partial charge in [0.1, 0.15) is 39.9 Å². The smallest absolute Gasteiger partial charge is 0.343 e. The molecule has 0 aliphatic carbocycles. The molecule has 0 N–H and O–H groups in total. The van der Waals surface area contributed by atoms with Gasteiger partial charge in [0, 0.05) is 37.5 Å². The Labute approximate surface area is 308 Å². The van der Waals surface area contributed by atoms with Gasteiger partial charge in [-0.2, -0.15) is 0 Å². The first-order valence-corrected chi connectivity index (χ1v) is 16.7. The number of benzene rings is 3. The third-order valence-corrected chi connectivity index (χ3v) is 8.01. The van der Waals surface area contributed by atoms with Crippen molar-refractivity contribution in [3.05, 3.63) is 73.7 Å². The third kappa shape index (κ3) is 7.61. The number of esters is 2. The minimum absolute atomic E-state index is 0.0526. The lowest BCUT2D eigenvalue weighted by Crippen LogP contribution is -2.29. The summed E-state index contributed by atoms with van der Waals surface area (Å²) in [5.41, 5.74) is -5.50. The van der Waals surface area contributed by atoms with E-state index in [4.69, 9.17) is 37.3 Å². The van der Waals surface area contributed by atoms with Crippen LogP contribution in [-0.4, -0.2) is 56.9 Å². The Morgan fingerprint density at radius 3 is 2.02 bits per heavy atom. The van der Waals surface area contributed by atoms with Gasteiger partial charge < -0.3 is 37.3 Å². The summed E-state index contributed by atoms with van der Waals surface area (Å²) in [5, 5.41) is -0.365. The van der Waals surface area contributed by atoms with E-state index in [1.165, 1.54) is 58.4 Å². The molecule has 14 nitrogen and oxygen atoms in total. The van der Waals surface area contributed by atoms with E-state index in [1.807, 2.05) is 0 Å². The molecule has 0 fully saturated rings. The third-order valence-electron chi connectivity index (χ3n) is 8.01. The SMILES string of the molecule is COCOc1ccc2c(=O)c3cc(C(C)=O)c(-c4coc5cc(OCOC)c(OC(=O)C(C)(C)C)c(C(=O)OC(C)(C)C)c5c4=O)c(C(C)=O)c3oc2c1. The number of rotatable bonds is 11. The van der Waals surface area contributed by atoms with Crippen LogP contribution in [0.1, 0.15) is 86.5 Å². The molecule has 14 heteroatoms. The van der Waals surface area contributed by atoms with Gasteiger partial charge in [-0.05, 0) is 73.6 Å². The molecule has 0 spiro atoms. The quantitative estimate of drug-likeness (QED) is 0.0443. The summed E-state index contributed by atoms with van der Waals surface area (Å²) < 4.78 is 44.8. The lowest BCUT2D eigenvalue weighted by molar-refractivity contribution is -0.143. The van der Waals surface area contributed by atoms with Gasteiger partial charge in [-0.15, -0.1) is 0 Å². The second kappa shape index (κ2) is 14.9. The highest BCUT2D eigenvalue weighted by atomic mass is 16.7. The number of Topliss-reactive ketones (excluding diaryl/α,β-unsaturated/α-hetero) is 2. The number of carbonyl (C=O) groups is 4. The molecule has 0 saturated carbocycles. The van der Waals surface area contributed by atoms with Crippen LogP contribution >= 0.6 is 0 Å². The van der Waals surface area contributed by atoms with Crippen LogP contribution in [0, 0.1) is 5.41 Å². The average Bonchev–Trinajstić information content (AvgIpc) is 3.08. The van der Waals surface area contributed by atoms with E-state index in [1.54, 1.807) is 41.5 Å². The average molecular weight is 745 g/mol. The van der Waals surface area contributed by atoms with Crippen LogP contribution in [0.2, 0.25) is 0 Å². The standard InChI is InChI=1S/C40H40O14/c1-19(41)23-14-24-33(43)22-12-11-21(50-17-47-9)13-26(22)52-35(24)29(20(2)42)30(23)25-16-49-27-15-28(51-18-48-10)36(53-38(46)39(3,4)5)32(31(27)34(25)44)37(45)54-40(6,7)8/h11-16H,17-18H2,1-10H3. The van der Waals surface area contributed by atoms with Crippen molar-refractivity contribution in [2.75, 3.05) is 27.8 Å². The fourth-order valence-corrected chi connectivity index (χ4v) is 5.60. The maximum Gasteiger partial charge on any atom is 0.343 e. The molecule has 0 radical (unpaired) electrons. The van der Waals surface area contributed by atoms with Gasteiger partial charge in [0.05, 0.1) is 32.7 Å². The summed E-state index contributed by atoms with van der Waals surface area (Å²) in [5.74, 6) is -3.44. The van der Waals surface area contributed by atoms with E-state index in [-0.39, 0.29) is 69.1 Å². The monoisotopic (exact) mass is 744 g/mol. The van der Waals surface area contributed by atoms with Crippen molar-refractivity contribution in [3.8, 4) is 28.4 Å². The molecule has 0 amide bonds. The largest absolute Gasteiger partial charge is 0.467 e. The first kappa shape index (κ1) is 39.3. The first-order chi connectivity index (χ1) is 25.3.